The number of fused-ring (bicyclic) bond motifs is 1. The largest absolute Gasteiger partial charge is 0.422 e. The zero-order valence-electron chi connectivity index (χ0n) is 10.4. The molecule has 0 atom stereocenters. The first-order chi connectivity index (χ1) is 9.63. The summed E-state index contributed by atoms with van der Waals surface area (Å²) in [6, 6.07) is 8.93. The van der Waals surface area contributed by atoms with Crippen LogP contribution in [-0.4, -0.2) is 16.1 Å². The van der Waals surface area contributed by atoms with E-state index >= 15 is 0 Å². The van der Waals surface area contributed by atoms with Crippen LogP contribution in [0.2, 0.25) is 0 Å². The van der Waals surface area contributed by atoms with Gasteiger partial charge in [-0.2, -0.15) is 0 Å². The van der Waals surface area contributed by atoms with Crippen molar-refractivity contribution < 1.29 is 9.21 Å². The van der Waals surface area contributed by atoms with E-state index in [1.165, 1.54) is 6.92 Å². The topological polar surface area (TPSA) is 85.1 Å². The van der Waals surface area contributed by atoms with E-state index in [0.717, 1.165) is 16.7 Å². The van der Waals surface area contributed by atoms with Gasteiger partial charge in [-0.1, -0.05) is 29.5 Å². The van der Waals surface area contributed by atoms with Crippen molar-refractivity contribution in [2.45, 2.75) is 6.92 Å². The number of nitrogens with one attached hydrogen (secondary N) is 1. The lowest BCUT2D eigenvalue weighted by Gasteiger charge is -1.98. The SMILES string of the molecule is CC(=O)Nc1nnc(-c2cc3ccccc3oc2=O)s1. The maximum Gasteiger partial charge on any atom is 0.346 e. The number of hydrogen-bond acceptors (Lipinski definition) is 6. The molecule has 100 valence electrons. The molecule has 0 fully saturated rings. The highest BCUT2D eigenvalue weighted by atomic mass is 32.1. The van der Waals surface area contributed by atoms with Crippen LogP contribution in [0.3, 0.4) is 0 Å². The minimum absolute atomic E-state index is 0.238. The Morgan fingerprint density at radius 1 is 1.30 bits per heavy atom. The van der Waals surface area contributed by atoms with E-state index < -0.39 is 5.63 Å². The van der Waals surface area contributed by atoms with Gasteiger partial charge in [-0.15, -0.1) is 10.2 Å². The molecule has 0 aliphatic heterocycles. The Hall–Kier alpha value is -2.54. The number of carbonyl (C=O) groups is 1. The predicted molar refractivity (Wildman–Crippen MR) is 75.7 cm³/mol. The predicted octanol–water partition coefficient (Wildman–Crippen LogP) is 2.27. The fraction of sp³-hybridized carbons (Fsp3) is 0.0769. The van der Waals surface area contributed by atoms with Gasteiger partial charge in [0, 0.05) is 12.3 Å². The molecule has 0 saturated carbocycles. The Morgan fingerprint density at radius 3 is 2.90 bits per heavy atom. The van der Waals surface area contributed by atoms with Crippen LogP contribution in [0.5, 0.6) is 0 Å². The summed E-state index contributed by atoms with van der Waals surface area (Å²) in [5.74, 6) is -0.238. The number of rotatable bonds is 2. The van der Waals surface area contributed by atoms with E-state index in [1.807, 2.05) is 12.1 Å². The molecule has 3 aromatic rings. The molecule has 1 amide bonds. The third kappa shape index (κ3) is 2.30. The van der Waals surface area contributed by atoms with Crippen LogP contribution in [0.1, 0.15) is 6.92 Å². The van der Waals surface area contributed by atoms with Crippen LogP contribution in [0, 0.1) is 0 Å². The normalized spacial score (nSPS) is 10.7. The van der Waals surface area contributed by atoms with Crippen molar-refractivity contribution in [3.8, 4) is 10.6 Å². The zero-order valence-corrected chi connectivity index (χ0v) is 11.2. The number of amides is 1. The molecule has 6 nitrogen and oxygen atoms in total. The summed E-state index contributed by atoms with van der Waals surface area (Å²) < 4.78 is 5.23. The van der Waals surface area contributed by atoms with Crippen molar-refractivity contribution in [1.29, 1.82) is 0 Å². The molecule has 0 saturated heterocycles. The average molecular weight is 287 g/mol. The molecular weight excluding hydrogens is 278 g/mol. The quantitative estimate of drug-likeness (QED) is 0.731. The van der Waals surface area contributed by atoms with Gasteiger partial charge in [0.25, 0.3) is 0 Å². The van der Waals surface area contributed by atoms with Gasteiger partial charge in [-0.05, 0) is 12.1 Å². The molecule has 0 aliphatic rings. The average Bonchev–Trinajstić information content (AvgIpc) is 2.85. The van der Waals surface area contributed by atoms with Gasteiger partial charge in [-0.25, -0.2) is 4.79 Å². The van der Waals surface area contributed by atoms with Crippen molar-refractivity contribution in [2.24, 2.45) is 0 Å². The van der Waals surface area contributed by atoms with E-state index in [9.17, 15) is 9.59 Å². The Balaban J connectivity index is 2.09. The molecule has 2 heterocycles. The fourth-order valence-electron chi connectivity index (χ4n) is 1.74. The first-order valence-corrected chi connectivity index (χ1v) is 6.59. The second kappa shape index (κ2) is 4.86. The fourth-order valence-corrected chi connectivity index (χ4v) is 2.54. The molecule has 20 heavy (non-hydrogen) atoms. The lowest BCUT2D eigenvalue weighted by Crippen LogP contribution is -2.04. The molecule has 0 bridgehead atoms. The Labute approximate surface area is 117 Å². The second-order valence-electron chi connectivity index (χ2n) is 4.08. The highest BCUT2D eigenvalue weighted by Gasteiger charge is 2.13. The van der Waals surface area contributed by atoms with Gasteiger partial charge >= 0.3 is 5.63 Å². The summed E-state index contributed by atoms with van der Waals surface area (Å²) in [5.41, 5.74) is 0.375. The van der Waals surface area contributed by atoms with E-state index in [1.54, 1.807) is 18.2 Å². The molecule has 0 radical (unpaired) electrons. The number of anilines is 1. The van der Waals surface area contributed by atoms with Crippen molar-refractivity contribution in [3.05, 3.63) is 40.8 Å². The third-order valence-electron chi connectivity index (χ3n) is 2.58. The molecule has 0 aliphatic carbocycles. The molecule has 0 unspecified atom stereocenters. The summed E-state index contributed by atoms with van der Waals surface area (Å²) in [7, 11) is 0. The first-order valence-electron chi connectivity index (χ1n) is 5.78. The molecular formula is C13H9N3O3S. The van der Waals surface area contributed by atoms with Crippen molar-refractivity contribution in [3.63, 3.8) is 0 Å². The van der Waals surface area contributed by atoms with Gasteiger partial charge in [0.05, 0.1) is 5.56 Å². The van der Waals surface area contributed by atoms with Crippen LogP contribution >= 0.6 is 11.3 Å². The highest BCUT2D eigenvalue weighted by molar-refractivity contribution is 7.18. The number of hydrogen-bond donors (Lipinski definition) is 1. The van der Waals surface area contributed by atoms with Crippen LogP contribution in [0.4, 0.5) is 5.13 Å². The monoisotopic (exact) mass is 287 g/mol. The second-order valence-corrected chi connectivity index (χ2v) is 5.06. The number of nitrogens with zero attached hydrogens (tertiary/aromatic N) is 2. The van der Waals surface area contributed by atoms with Gasteiger partial charge in [0.1, 0.15) is 5.58 Å². The molecule has 0 spiro atoms. The van der Waals surface area contributed by atoms with E-state index in [4.69, 9.17) is 4.42 Å². The molecule has 1 aromatic carbocycles. The van der Waals surface area contributed by atoms with Crippen LogP contribution < -0.4 is 10.9 Å². The standard InChI is InChI=1S/C13H9N3O3S/c1-7(17)14-13-16-15-11(20-13)9-6-8-4-2-3-5-10(8)19-12(9)18/h2-6H,1H3,(H,14,16,17). The zero-order chi connectivity index (χ0) is 14.1. The molecule has 1 N–H and O–H groups in total. The summed E-state index contributed by atoms with van der Waals surface area (Å²) in [5, 5.41) is 11.8. The number of para-hydroxylation sites is 1. The highest BCUT2D eigenvalue weighted by Crippen LogP contribution is 2.26. The summed E-state index contributed by atoms with van der Waals surface area (Å²) in [4.78, 5) is 22.9. The minimum atomic E-state index is -0.478. The Morgan fingerprint density at radius 2 is 2.10 bits per heavy atom. The number of aromatic nitrogens is 2. The van der Waals surface area contributed by atoms with Gasteiger partial charge < -0.3 is 9.73 Å². The maximum absolute atomic E-state index is 11.9. The summed E-state index contributed by atoms with van der Waals surface area (Å²) in [6.07, 6.45) is 0. The van der Waals surface area contributed by atoms with Gasteiger partial charge in [-0.3, -0.25) is 4.79 Å². The molecule has 2 aromatic heterocycles. The Bertz CT molecular complexity index is 853. The van der Waals surface area contributed by atoms with Crippen LogP contribution in [0.15, 0.2) is 39.5 Å². The van der Waals surface area contributed by atoms with E-state index in [-0.39, 0.29) is 5.91 Å². The number of carbonyl (C=O) groups excluding carboxylic acids is 1. The summed E-state index contributed by atoms with van der Waals surface area (Å²) >= 11 is 1.12. The Kier molecular flexibility index (Phi) is 3.03. The van der Waals surface area contributed by atoms with E-state index in [0.29, 0.717) is 21.3 Å². The smallest absolute Gasteiger partial charge is 0.346 e. The molecule has 3 rings (SSSR count). The lowest BCUT2D eigenvalue weighted by atomic mass is 10.2. The number of benzene rings is 1. The first kappa shape index (κ1) is 12.5. The maximum atomic E-state index is 11.9. The van der Waals surface area contributed by atoms with Gasteiger partial charge in [0.2, 0.25) is 11.0 Å². The van der Waals surface area contributed by atoms with Crippen molar-refractivity contribution in [1.82, 2.24) is 10.2 Å². The molecule has 7 heteroatoms. The summed E-state index contributed by atoms with van der Waals surface area (Å²) in [6.45, 7) is 1.38. The minimum Gasteiger partial charge on any atom is -0.422 e. The van der Waals surface area contributed by atoms with Crippen LogP contribution in [-0.2, 0) is 4.79 Å². The van der Waals surface area contributed by atoms with Gasteiger partial charge in [0.15, 0.2) is 5.01 Å². The van der Waals surface area contributed by atoms with Crippen molar-refractivity contribution >= 4 is 33.3 Å². The van der Waals surface area contributed by atoms with E-state index in [2.05, 4.69) is 15.5 Å². The third-order valence-corrected chi connectivity index (χ3v) is 3.45. The van der Waals surface area contributed by atoms with Crippen LogP contribution in [0.25, 0.3) is 21.5 Å². The lowest BCUT2D eigenvalue weighted by molar-refractivity contribution is -0.114. The van der Waals surface area contributed by atoms with Crippen molar-refractivity contribution in [2.75, 3.05) is 5.32 Å².